The molecule has 0 aromatic carbocycles. The van der Waals surface area contributed by atoms with Gasteiger partial charge >= 0.3 is 0 Å². The van der Waals surface area contributed by atoms with Gasteiger partial charge in [0.05, 0.1) is 18.0 Å². The lowest BCUT2D eigenvalue weighted by atomic mass is 10.2. The Morgan fingerprint density at radius 3 is 2.87 bits per heavy atom. The summed E-state index contributed by atoms with van der Waals surface area (Å²) in [6, 6.07) is -0.307. The van der Waals surface area contributed by atoms with E-state index in [0.29, 0.717) is 12.1 Å². The summed E-state index contributed by atoms with van der Waals surface area (Å²) in [6.07, 6.45) is 0.696. The highest BCUT2D eigenvalue weighted by Gasteiger charge is 2.17. The fourth-order valence-corrected chi connectivity index (χ4v) is 1.17. The number of nitrogens with two attached hydrogens (primary N) is 1. The topological polar surface area (TPSA) is 104 Å². The van der Waals surface area contributed by atoms with E-state index in [1.807, 2.05) is 6.92 Å². The molecule has 1 aromatic heterocycles. The molecule has 0 fully saturated rings. The molecule has 1 aromatic rings. The first-order valence-electron chi connectivity index (χ1n) is 4.84. The van der Waals surface area contributed by atoms with Crippen LogP contribution in [-0.4, -0.2) is 33.9 Å². The molecule has 6 nitrogen and oxygen atoms in total. The van der Waals surface area contributed by atoms with Gasteiger partial charge in [0, 0.05) is 6.04 Å². The van der Waals surface area contributed by atoms with Gasteiger partial charge < -0.3 is 16.2 Å². The molecule has 15 heavy (non-hydrogen) atoms. The van der Waals surface area contributed by atoms with Crippen LogP contribution in [0.25, 0.3) is 0 Å². The average Bonchev–Trinajstić information content (AvgIpc) is 2.59. The number of anilines is 1. The van der Waals surface area contributed by atoms with Crippen LogP contribution in [0.15, 0.2) is 0 Å². The summed E-state index contributed by atoms with van der Waals surface area (Å²) in [6.45, 7) is 3.50. The van der Waals surface area contributed by atoms with E-state index in [0.717, 1.165) is 5.69 Å². The number of hydrogen-bond acceptors (Lipinski definition) is 4. The number of aryl methyl sites for hydroxylation is 1. The number of nitrogens with zero attached hydrogens (tertiary/aromatic N) is 1. The maximum absolute atomic E-state index is 11.6. The summed E-state index contributed by atoms with van der Waals surface area (Å²) in [5.41, 5.74) is 7.02. The molecular formula is C9H16N4O2. The van der Waals surface area contributed by atoms with Gasteiger partial charge in [-0.2, -0.15) is 5.10 Å². The van der Waals surface area contributed by atoms with Gasteiger partial charge in [-0.1, -0.05) is 6.92 Å². The number of nitrogen functional groups attached to an aromatic ring is 1. The number of carbonyl (C=O) groups is 1. The molecule has 1 rings (SSSR count). The number of rotatable bonds is 4. The lowest BCUT2D eigenvalue weighted by Crippen LogP contribution is -2.35. The zero-order valence-corrected chi connectivity index (χ0v) is 8.87. The van der Waals surface area contributed by atoms with Crippen LogP contribution in [0, 0.1) is 0 Å². The van der Waals surface area contributed by atoms with Crippen LogP contribution < -0.4 is 11.1 Å². The highest BCUT2D eigenvalue weighted by atomic mass is 16.3. The van der Waals surface area contributed by atoms with Crippen LogP contribution >= 0.6 is 0 Å². The number of aromatic amines is 1. The summed E-state index contributed by atoms with van der Waals surface area (Å²) in [5, 5.41) is 17.9. The standard InChI is InChI=1S/C9H16N4O2/c1-3-6-7(10)8(13-12-6)9(15)11-5(2)4-14/h5,14H,3-4,10H2,1-2H3,(H,11,15)(H,12,13)/t5-/m1/s1. The van der Waals surface area contributed by atoms with Crippen molar-refractivity contribution in [2.75, 3.05) is 12.3 Å². The van der Waals surface area contributed by atoms with E-state index in [4.69, 9.17) is 10.8 Å². The van der Waals surface area contributed by atoms with E-state index in [1.165, 1.54) is 0 Å². The Labute approximate surface area is 87.9 Å². The quantitative estimate of drug-likeness (QED) is 0.548. The van der Waals surface area contributed by atoms with Gasteiger partial charge in [-0.05, 0) is 13.3 Å². The third-order valence-electron chi connectivity index (χ3n) is 2.10. The number of nitrogens with one attached hydrogen (secondary N) is 2. The van der Waals surface area contributed by atoms with Gasteiger partial charge in [0.1, 0.15) is 0 Å². The van der Waals surface area contributed by atoms with Gasteiger partial charge in [-0.15, -0.1) is 0 Å². The van der Waals surface area contributed by atoms with E-state index in [9.17, 15) is 4.79 Å². The monoisotopic (exact) mass is 212 g/mol. The molecule has 0 radical (unpaired) electrons. The van der Waals surface area contributed by atoms with Gasteiger partial charge in [0.25, 0.3) is 5.91 Å². The van der Waals surface area contributed by atoms with Gasteiger partial charge in [0.15, 0.2) is 5.69 Å². The van der Waals surface area contributed by atoms with E-state index in [-0.39, 0.29) is 24.2 Å². The van der Waals surface area contributed by atoms with Crippen LogP contribution in [0.2, 0.25) is 0 Å². The second-order valence-corrected chi connectivity index (χ2v) is 3.38. The minimum atomic E-state index is -0.370. The van der Waals surface area contributed by atoms with Crippen LogP contribution in [0.1, 0.15) is 30.0 Å². The zero-order valence-electron chi connectivity index (χ0n) is 8.87. The summed E-state index contributed by atoms with van der Waals surface area (Å²) in [5.74, 6) is -0.370. The fraction of sp³-hybridized carbons (Fsp3) is 0.556. The second-order valence-electron chi connectivity index (χ2n) is 3.38. The number of hydrogen-bond donors (Lipinski definition) is 4. The van der Waals surface area contributed by atoms with E-state index in [2.05, 4.69) is 15.5 Å². The Balaban J connectivity index is 2.78. The molecule has 1 atom stereocenters. The van der Waals surface area contributed by atoms with Crippen molar-refractivity contribution < 1.29 is 9.90 Å². The predicted octanol–water partition coefficient (Wildman–Crippen LogP) is -0.335. The maximum atomic E-state index is 11.6. The molecule has 0 aliphatic heterocycles. The lowest BCUT2D eigenvalue weighted by Gasteiger charge is -2.09. The van der Waals surface area contributed by atoms with Crippen molar-refractivity contribution in [3.63, 3.8) is 0 Å². The van der Waals surface area contributed by atoms with Crippen molar-refractivity contribution in [1.29, 1.82) is 0 Å². The number of carbonyl (C=O) groups excluding carboxylic acids is 1. The van der Waals surface area contributed by atoms with Crippen LogP contribution in [-0.2, 0) is 6.42 Å². The number of aliphatic hydroxyl groups is 1. The molecule has 0 aliphatic carbocycles. The van der Waals surface area contributed by atoms with Crippen LogP contribution in [0.5, 0.6) is 0 Å². The number of H-pyrrole nitrogens is 1. The highest BCUT2D eigenvalue weighted by Crippen LogP contribution is 2.13. The third kappa shape index (κ3) is 2.47. The summed E-state index contributed by atoms with van der Waals surface area (Å²) >= 11 is 0. The number of aliphatic hydroxyl groups excluding tert-OH is 1. The smallest absolute Gasteiger partial charge is 0.274 e. The highest BCUT2D eigenvalue weighted by molar-refractivity contribution is 5.97. The SMILES string of the molecule is CCc1[nH]nc(C(=O)N[C@H](C)CO)c1N. The lowest BCUT2D eigenvalue weighted by molar-refractivity contribution is 0.0918. The van der Waals surface area contributed by atoms with Crippen molar-refractivity contribution in [3.05, 3.63) is 11.4 Å². The van der Waals surface area contributed by atoms with Crippen molar-refractivity contribution in [2.45, 2.75) is 26.3 Å². The van der Waals surface area contributed by atoms with Crippen molar-refractivity contribution in [1.82, 2.24) is 15.5 Å². The van der Waals surface area contributed by atoms with Crippen molar-refractivity contribution >= 4 is 11.6 Å². The van der Waals surface area contributed by atoms with Gasteiger partial charge in [0.2, 0.25) is 0 Å². The number of aromatic nitrogens is 2. The normalized spacial score (nSPS) is 12.5. The summed E-state index contributed by atoms with van der Waals surface area (Å²) < 4.78 is 0. The average molecular weight is 212 g/mol. The van der Waals surface area contributed by atoms with E-state index in [1.54, 1.807) is 6.92 Å². The largest absolute Gasteiger partial charge is 0.395 e. The summed E-state index contributed by atoms with van der Waals surface area (Å²) in [7, 11) is 0. The van der Waals surface area contributed by atoms with Crippen LogP contribution in [0.3, 0.4) is 0 Å². The Hall–Kier alpha value is -1.56. The Morgan fingerprint density at radius 1 is 1.73 bits per heavy atom. The Kier molecular flexibility index (Phi) is 3.68. The molecule has 6 heteroatoms. The second kappa shape index (κ2) is 4.79. The summed E-state index contributed by atoms with van der Waals surface area (Å²) in [4.78, 5) is 11.6. The third-order valence-corrected chi connectivity index (χ3v) is 2.10. The molecule has 0 saturated carbocycles. The van der Waals surface area contributed by atoms with Gasteiger partial charge in [-0.25, -0.2) is 0 Å². The molecule has 0 saturated heterocycles. The molecule has 5 N–H and O–H groups in total. The molecule has 1 heterocycles. The Morgan fingerprint density at radius 2 is 2.40 bits per heavy atom. The molecule has 1 amide bonds. The van der Waals surface area contributed by atoms with E-state index >= 15 is 0 Å². The Bertz CT molecular complexity index is 348. The molecular weight excluding hydrogens is 196 g/mol. The van der Waals surface area contributed by atoms with Gasteiger partial charge in [-0.3, -0.25) is 9.89 Å². The van der Waals surface area contributed by atoms with E-state index < -0.39 is 0 Å². The molecule has 84 valence electrons. The first kappa shape index (κ1) is 11.5. The minimum Gasteiger partial charge on any atom is -0.395 e. The maximum Gasteiger partial charge on any atom is 0.274 e. The molecule has 0 spiro atoms. The molecule has 0 aliphatic rings. The van der Waals surface area contributed by atoms with Crippen LogP contribution in [0.4, 0.5) is 5.69 Å². The predicted molar refractivity (Wildman–Crippen MR) is 56.4 cm³/mol. The minimum absolute atomic E-state index is 0.114. The number of amides is 1. The molecule has 0 unspecified atom stereocenters. The first-order chi connectivity index (χ1) is 7.10. The zero-order chi connectivity index (χ0) is 11.4. The fourth-order valence-electron chi connectivity index (χ4n) is 1.17. The molecule has 0 bridgehead atoms. The van der Waals surface area contributed by atoms with Crippen molar-refractivity contribution in [2.24, 2.45) is 0 Å². The van der Waals surface area contributed by atoms with Crippen molar-refractivity contribution in [3.8, 4) is 0 Å². The first-order valence-corrected chi connectivity index (χ1v) is 4.84.